The third kappa shape index (κ3) is 7.15. The van der Waals surface area contributed by atoms with Gasteiger partial charge < -0.3 is 42.3 Å². The van der Waals surface area contributed by atoms with E-state index >= 15 is 0 Å². The van der Waals surface area contributed by atoms with Crippen LogP contribution in [0.3, 0.4) is 0 Å². The first-order valence-electron chi connectivity index (χ1n) is 10.6. The zero-order valence-electron chi connectivity index (χ0n) is 18.3. The molecule has 1 fully saturated rings. The lowest BCUT2D eigenvalue weighted by Gasteiger charge is -2.28. The van der Waals surface area contributed by atoms with Gasteiger partial charge in [-0.3, -0.25) is 19.2 Å². The van der Waals surface area contributed by atoms with E-state index in [1.165, 1.54) is 29.2 Å². The Kier molecular flexibility index (Phi) is 9.33. The summed E-state index contributed by atoms with van der Waals surface area (Å²) >= 11 is 0. The van der Waals surface area contributed by atoms with Gasteiger partial charge in [0.1, 0.15) is 29.9 Å². The fraction of sp³-hybridized carbons (Fsp3) is 0.476. The van der Waals surface area contributed by atoms with Crippen LogP contribution in [-0.2, 0) is 30.4 Å². The molecule has 186 valence electrons. The van der Waals surface area contributed by atoms with Gasteiger partial charge >= 0.3 is 5.97 Å². The minimum absolute atomic E-state index is 0.0125. The first-order chi connectivity index (χ1) is 16.0. The van der Waals surface area contributed by atoms with Crippen LogP contribution in [0.2, 0.25) is 0 Å². The van der Waals surface area contributed by atoms with E-state index in [4.69, 9.17) is 16.6 Å². The standard InChI is InChI=1S/C21H29N5O8/c22-13(10-27)20(32)26-7-1-2-16(26)19(31)24-14(8-11-3-5-12(28)6-4-11)18(30)25-15(21(33)34)9-17(23)29/h3-6,13-16,27-28H,1-2,7-10,22H2,(H2,23,29)(H,24,31)(H,25,30)(H,33,34). The van der Waals surface area contributed by atoms with Gasteiger partial charge in [0.25, 0.3) is 0 Å². The molecule has 34 heavy (non-hydrogen) atoms. The van der Waals surface area contributed by atoms with E-state index in [2.05, 4.69) is 10.6 Å². The molecule has 0 radical (unpaired) electrons. The Bertz CT molecular complexity index is 922. The molecule has 0 bridgehead atoms. The summed E-state index contributed by atoms with van der Waals surface area (Å²) in [6.45, 7) is -0.342. The minimum atomic E-state index is -1.60. The third-order valence-electron chi connectivity index (χ3n) is 5.38. The Morgan fingerprint density at radius 1 is 1.09 bits per heavy atom. The number of aliphatic carboxylic acids is 1. The molecule has 2 rings (SSSR count). The zero-order chi connectivity index (χ0) is 25.4. The number of rotatable bonds is 11. The molecule has 0 spiro atoms. The summed E-state index contributed by atoms with van der Waals surface area (Å²) in [7, 11) is 0. The highest BCUT2D eigenvalue weighted by Crippen LogP contribution is 2.19. The van der Waals surface area contributed by atoms with Crippen LogP contribution >= 0.6 is 0 Å². The number of hydrogen-bond acceptors (Lipinski definition) is 8. The summed E-state index contributed by atoms with van der Waals surface area (Å²) < 4.78 is 0. The van der Waals surface area contributed by atoms with Crippen molar-refractivity contribution in [3.05, 3.63) is 29.8 Å². The topological polar surface area (TPSA) is 225 Å². The maximum Gasteiger partial charge on any atom is 0.326 e. The number of benzene rings is 1. The molecular formula is C21H29N5O8. The number of carbonyl (C=O) groups is 5. The van der Waals surface area contributed by atoms with Gasteiger partial charge in [-0.2, -0.15) is 0 Å². The Labute approximate surface area is 195 Å². The van der Waals surface area contributed by atoms with Gasteiger partial charge in [0.15, 0.2) is 0 Å². The summed E-state index contributed by atoms with van der Waals surface area (Å²) in [4.78, 5) is 62.1. The van der Waals surface area contributed by atoms with Gasteiger partial charge in [-0.05, 0) is 30.5 Å². The molecule has 1 heterocycles. The molecule has 1 aromatic carbocycles. The van der Waals surface area contributed by atoms with Crippen LogP contribution < -0.4 is 22.1 Å². The van der Waals surface area contributed by atoms with Gasteiger partial charge in [0.2, 0.25) is 23.6 Å². The first kappa shape index (κ1) is 26.5. The van der Waals surface area contributed by atoms with E-state index in [1.807, 2.05) is 0 Å². The maximum absolute atomic E-state index is 13.0. The first-order valence-corrected chi connectivity index (χ1v) is 10.6. The average molecular weight is 479 g/mol. The molecule has 13 heteroatoms. The molecule has 0 aromatic heterocycles. The molecule has 0 saturated carbocycles. The van der Waals surface area contributed by atoms with Gasteiger partial charge in [0.05, 0.1) is 13.0 Å². The van der Waals surface area contributed by atoms with Crippen molar-refractivity contribution in [2.45, 2.75) is 49.9 Å². The zero-order valence-corrected chi connectivity index (χ0v) is 18.3. The van der Waals surface area contributed by atoms with Crippen LogP contribution in [0.4, 0.5) is 0 Å². The summed E-state index contributed by atoms with van der Waals surface area (Å²) in [5, 5.41) is 32.7. The Hall–Kier alpha value is -3.71. The molecular weight excluding hydrogens is 450 g/mol. The van der Waals surface area contributed by atoms with Crippen molar-refractivity contribution in [3.8, 4) is 5.75 Å². The van der Waals surface area contributed by atoms with E-state index in [-0.39, 0.29) is 18.7 Å². The number of carboxylic acid groups (broad SMARTS) is 1. The van der Waals surface area contributed by atoms with Gasteiger partial charge in [-0.1, -0.05) is 12.1 Å². The number of carboxylic acids is 1. The van der Waals surface area contributed by atoms with Crippen LogP contribution in [-0.4, -0.2) is 87.1 Å². The predicted octanol–water partition coefficient (Wildman–Crippen LogP) is -2.83. The monoisotopic (exact) mass is 479 g/mol. The SMILES string of the molecule is NC(=O)CC(NC(=O)C(Cc1ccc(O)cc1)NC(=O)C1CCCN1C(=O)C(N)CO)C(=O)O. The number of carbonyl (C=O) groups excluding carboxylic acids is 4. The van der Waals surface area contributed by atoms with Crippen LogP contribution in [0.15, 0.2) is 24.3 Å². The Morgan fingerprint density at radius 3 is 2.29 bits per heavy atom. The fourth-order valence-corrected chi connectivity index (χ4v) is 3.61. The number of primary amides is 1. The number of aromatic hydroxyl groups is 1. The Morgan fingerprint density at radius 2 is 1.74 bits per heavy atom. The van der Waals surface area contributed by atoms with Crippen LogP contribution in [0, 0.1) is 0 Å². The molecule has 13 nitrogen and oxygen atoms in total. The number of phenols is 1. The van der Waals surface area contributed by atoms with E-state index in [9.17, 15) is 34.2 Å². The molecule has 1 aromatic rings. The average Bonchev–Trinajstić information content (AvgIpc) is 3.28. The lowest BCUT2D eigenvalue weighted by Crippen LogP contribution is -2.57. The predicted molar refractivity (Wildman–Crippen MR) is 117 cm³/mol. The summed E-state index contributed by atoms with van der Waals surface area (Å²) in [5.74, 6) is -4.57. The van der Waals surface area contributed by atoms with E-state index in [0.29, 0.717) is 18.4 Å². The van der Waals surface area contributed by atoms with E-state index in [0.717, 1.165) is 0 Å². The highest BCUT2D eigenvalue weighted by atomic mass is 16.4. The van der Waals surface area contributed by atoms with E-state index < -0.39 is 66.8 Å². The molecule has 1 aliphatic rings. The number of aliphatic hydroxyl groups excluding tert-OH is 1. The number of hydrogen-bond donors (Lipinski definition) is 7. The molecule has 0 aliphatic carbocycles. The second-order valence-electron chi connectivity index (χ2n) is 7.98. The quantitative estimate of drug-likeness (QED) is 0.173. The van der Waals surface area contributed by atoms with Crippen molar-refractivity contribution < 1.29 is 39.3 Å². The molecule has 4 atom stereocenters. The maximum atomic E-state index is 13.0. The number of nitrogens with two attached hydrogens (primary N) is 2. The number of aliphatic hydroxyl groups is 1. The van der Waals surface area contributed by atoms with Crippen molar-refractivity contribution in [1.82, 2.24) is 15.5 Å². The third-order valence-corrected chi connectivity index (χ3v) is 5.38. The molecule has 1 aliphatic heterocycles. The molecule has 9 N–H and O–H groups in total. The highest BCUT2D eigenvalue weighted by molar-refractivity contribution is 5.95. The smallest absolute Gasteiger partial charge is 0.326 e. The second-order valence-corrected chi connectivity index (χ2v) is 7.98. The summed E-state index contributed by atoms with van der Waals surface area (Å²) in [5.41, 5.74) is 11.2. The van der Waals surface area contributed by atoms with E-state index in [1.54, 1.807) is 0 Å². The lowest BCUT2D eigenvalue weighted by molar-refractivity contribution is -0.144. The number of nitrogens with one attached hydrogen (secondary N) is 2. The van der Waals surface area contributed by atoms with Crippen molar-refractivity contribution in [2.75, 3.05) is 13.2 Å². The van der Waals surface area contributed by atoms with Crippen molar-refractivity contribution in [2.24, 2.45) is 11.5 Å². The largest absolute Gasteiger partial charge is 0.508 e. The molecule has 4 amide bonds. The molecule has 1 saturated heterocycles. The van der Waals surface area contributed by atoms with Crippen LogP contribution in [0.5, 0.6) is 5.75 Å². The summed E-state index contributed by atoms with van der Waals surface area (Å²) in [6.07, 6.45) is 0.0989. The number of amides is 4. The van der Waals surface area contributed by atoms with Crippen molar-refractivity contribution in [3.63, 3.8) is 0 Å². The highest BCUT2D eigenvalue weighted by Gasteiger charge is 2.38. The second kappa shape index (κ2) is 12.0. The van der Waals surface area contributed by atoms with Gasteiger partial charge in [-0.25, -0.2) is 4.79 Å². The van der Waals surface area contributed by atoms with Crippen LogP contribution in [0.1, 0.15) is 24.8 Å². The van der Waals surface area contributed by atoms with Gasteiger partial charge in [-0.15, -0.1) is 0 Å². The number of phenolic OH excluding ortho intramolecular Hbond substituents is 1. The number of likely N-dealkylation sites (tertiary alicyclic amines) is 1. The van der Waals surface area contributed by atoms with Gasteiger partial charge in [0, 0.05) is 13.0 Å². The Balaban J connectivity index is 2.22. The van der Waals surface area contributed by atoms with Crippen molar-refractivity contribution >= 4 is 29.6 Å². The van der Waals surface area contributed by atoms with Crippen molar-refractivity contribution in [1.29, 1.82) is 0 Å². The lowest BCUT2D eigenvalue weighted by atomic mass is 10.0. The summed E-state index contributed by atoms with van der Waals surface area (Å²) in [6, 6.07) is 0.819. The fourth-order valence-electron chi connectivity index (χ4n) is 3.61. The van der Waals surface area contributed by atoms with Crippen LogP contribution in [0.25, 0.3) is 0 Å². The molecule has 4 unspecified atom stereocenters. The minimum Gasteiger partial charge on any atom is -0.508 e. The normalized spacial score (nSPS) is 17.9. The number of nitrogens with zero attached hydrogens (tertiary/aromatic N) is 1.